The number of carbonyl (C=O) groups is 1. The topological polar surface area (TPSA) is 50.1 Å². The van der Waals surface area contributed by atoms with E-state index in [0.717, 1.165) is 44.9 Å². The zero-order valence-corrected chi connectivity index (χ0v) is 17.4. The summed E-state index contributed by atoms with van der Waals surface area (Å²) >= 11 is 0. The Morgan fingerprint density at radius 2 is 1.82 bits per heavy atom. The fraction of sp³-hybridized carbons (Fsp3) is 0.600. The zero-order valence-electron chi connectivity index (χ0n) is 17.4. The van der Waals surface area contributed by atoms with Crippen molar-refractivity contribution >= 4 is 5.97 Å². The normalized spacial score (nSPS) is 19.4. The van der Waals surface area contributed by atoms with Crippen molar-refractivity contribution in [1.29, 1.82) is 5.26 Å². The van der Waals surface area contributed by atoms with Gasteiger partial charge in [0.05, 0.1) is 12.0 Å². The van der Waals surface area contributed by atoms with Gasteiger partial charge in [-0.15, -0.1) is 0 Å². The van der Waals surface area contributed by atoms with Crippen LogP contribution in [-0.4, -0.2) is 5.97 Å². The molecule has 0 unspecified atom stereocenters. The van der Waals surface area contributed by atoms with Gasteiger partial charge in [0, 0.05) is 6.08 Å². The first kappa shape index (κ1) is 22.2. The van der Waals surface area contributed by atoms with Gasteiger partial charge in [0.1, 0.15) is 5.75 Å². The first-order chi connectivity index (χ1) is 13.7. The number of rotatable bonds is 11. The second kappa shape index (κ2) is 13.2. The third kappa shape index (κ3) is 8.30. The summed E-state index contributed by atoms with van der Waals surface area (Å²) in [5.74, 6) is 1.30. The van der Waals surface area contributed by atoms with Crippen molar-refractivity contribution in [3.8, 4) is 11.8 Å². The standard InChI is InChI=1S/C25H35NO2/c1-2-3-4-5-7-10-22-14-18-24(19-15-22)28-25(27)23-16-12-21(13-17-23)11-8-6-9-20-26/h6,9,14-15,18-19,21,23H,2-5,7-8,10-13,16-17H2,1H3/t21-,23-. The highest BCUT2D eigenvalue weighted by atomic mass is 16.5. The highest BCUT2D eigenvalue weighted by Crippen LogP contribution is 2.32. The summed E-state index contributed by atoms with van der Waals surface area (Å²) in [6, 6.07) is 10.1. The van der Waals surface area contributed by atoms with Gasteiger partial charge >= 0.3 is 5.97 Å². The van der Waals surface area contributed by atoms with Crippen molar-refractivity contribution in [3.05, 3.63) is 42.0 Å². The first-order valence-electron chi connectivity index (χ1n) is 11.1. The minimum Gasteiger partial charge on any atom is -0.426 e. The van der Waals surface area contributed by atoms with Crippen LogP contribution in [0.3, 0.4) is 0 Å². The molecule has 1 aliphatic rings. The number of ether oxygens (including phenoxy) is 1. The van der Waals surface area contributed by atoms with Crippen LogP contribution in [0, 0.1) is 23.2 Å². The monoisotopic (exact) mass is 381 g/mol. The average molecular weight is 382 g/mol. The zero-order chi connectivity index (χ0) is 20.0. The highest BCUT2D eigenvalue weighted by molar-refractivity contribution is 5.75. The van der Waals surface area contributed by atoms with Crippen molar-refractivity contribution in [3.63, 3.8) is 0 Å². The van der Waals surface area contributed by atoms with Crippen molar-refractivity contribution in [2.75, 3.05) is 0 Å². The van der Waals surface area contributed by atoms with Gasteiger partial charge in [-0.2, -0.15) is 5.26 Å². The van der Waals surface area contributed by atoms with Crippen molar-refractivity contribution in [2.45, 2.75) is 84.0 Å². The van der Waals surface area contributed by atoms with Gasteiger partial charge < -0.3 is 4.74 Å². The van der Waals surface area contributed by atoms with E-state index in [2.05, 4.69) is 19.1 Å². The van der Waals surface area contributed by atoms with E-state index in [1.54, 1.807) is 6.08 Å². The lowest BCUT2D eigenvalue weighted by Crippen LogP contribution is -2.25. The van der Waals surface area contributed by atoms with E-state index in [0.29, 0.717) is 11.7 Å². The molecule has 152 valence electrons. The molecule has 0 radical (unpaired) electrons. The molecule has 0 bridgehead atoms. The van der Waals surface area contributed by atoms with Crippen LogP contribution in [0.5, 0.6) is 5.75 Å². The van der Waals surface area contributed by atoms with E-state index in [4.69, 9.17) is 10.00 Å². The number of benzene rings is 1. The third-order valence-electron chi connectivity index (χ3n) is 5.82. The number of allylic oxidation sites excluding steroid dienone is 2. The second-order valence-electron chi connectivity index (χ2n) is 8.06. The third-order valence-corrected chi connectivity index (χ3v) is 5.82. The van der Waals surface area contributed by atoms with E-state index in [9.17, 15) is 4.79 Å². The lowest BCUT2D eigenvalue weighted by molar-refractivity contribution is -0.140. The van der Waals surface area contributed by atoms with Gasteiger partial charge in [-0.3, -0.25) is 4.79 Å². The predicted molar refractivity (Wildman–Crippen MR) is 114 cm³/mol. The van der Waals surface area contributed by atoms with Crippen LogP contribution < -0.4 is 4.74 Å². The van der Waals surface area contributed by atoms with Crippen molar-refractivity contribution in [1.82, 2.24) is 0 Å². The molecule has 3 heteroatoms. The molecule has 0 amide bonds. The summed E-state index contributed by atoms with van der Waals surface area (Å²) in [4.78, 5) is 12.5. The van der Waals surface area contributed by atoms with E-state index >= 15 is 0 Å². The Morgan fingerprint density at radius 3 is 2.50 bits per heavy atom. The van der Waals surface area contributed by atoms with Gasteiger partial charge in [0.15, 0.2) is 0 Å². The molecule has 0 N–H and O–H groups in total. The Morgan fingerprint density at radius 1 is 1.11 bits per heavy atom. The van der Waals surface area contributed by atoms with Gasteiger partial charge in [-0.05, 0) is 75.0 Å². The number of hydrogen-bond acceptors (Lipinski definition) is 3. The van der Waals surface area contributed by atoms with E-state index in [1.165, 1.54) is 37.7 Å². The molecular weight excluding hydrogens is 346 g/mol. The van der Waals surface area contributed by atoms with Crippen LogP contribution in [0.15, 0.2) is 36.4 Å². The maximum Gasteiger partial charge on any atom is 0.314 e. The fourth-order valence-corrected chi connectivity index (χ4v) is 4.01. The molecule has 2 rings (SSSR count). The quantitative estimate of drug-likeness (QED) is 0.184. The van der Waals surface area contributed by atoms with Crippen molar-refractivity contribution in [2.24, 2.45) is 11.8 Å². The molecule has 28 heavy (non-hydrogen) atoms. The summed E-state index contributed by atoms with van der Waals surface area (Å²) < 4.78 is 5.63. The lowest BCUT2D eigenvalue weighted by Gasteiger charge is -2.26. The molecule has 1 aromatic carbocycles. The minimum atomic E-state index is -0.0739. The molecule has 1 fully saturated rings. The maximum atomic E-state index is 12.5. The van der Waals surface area contributed by atoms with E-state index < -0.39 is 0 Å². The number of esters is 1. The summed E-state index contributed by atoms with van der Waals surface area (Å²) in [7, 11) is 0. The largest absolute Gasteiger partial charge is 0.426 e. The summed E-state index contributed by atoms with van der Waals surface area (Å²) in [5.41, 5.74) is 1.32. The van der Waals surface area contributed by atoms with Crippen LogP contribution in [0.25, 0.3) is 0 Å². The summed E-state index contributed by atoms with van der Waals surface area (Å²) in [5, 5.41) is 8.51. The molecule has 0 heterocycles. The molecule has 3 nitrogen and oxygen atoms in total. The number of carbonyl (C=O) groups excluding carboxylic acids is 1. The van der Waals surface area contributed by atoms with Gasteiger partial charge in [-0.25, -0.2) is 0 Å². The number of nitriles is 1. The smallest absolute Gasteiger partial charge is 0.314 e. The van der Waals surface area contributed by atoms with E-state index in [-0.39, 0.29) is 11.9 Å². The molecular formula is C25H35NO2. The molecule has 0 saturated heterocycles. The highest BCUT2D eigenvalue weighted by Gasteiger charge is 2.27. The first-order valence-corrected chi connectivity index (χ1v) is 11.1. The van der Waals surface area contributed by atoms with Crippen LogP contribution in [0.1, 0.15) is 83.1 Å². The predicted octanol–water partition coefficient (Wildman–Crippen LogP) is 6.77. The number of hydrogen-bond donors (Lipinski definition) is 0. The summed E-state index contributed by atoms with van der Waals surface area (Å²) in [6.07, 6.45) is 17.1. The maximum absolute atomic E-state index is 12.5. The van der Waals surface area contributed by atoms with Crippen LogP contribution in [0.2, 0.25) is 0 Å². The Bertz CT molecular complexity index is 634. The fourth-order valence-electron chi connectivity index (χ4n) is 4.01. The second-order valence-corrected chi connectivity index (χ2v) is 8.06. The Kier molecular flexibility index (Phi) is 10.4. The molecule has 0 aromatic heterocycles. The number of nitrogens with zero attached hydrogens (tertiary/aromatic N) is 1. The van der Waals surface area contributed by atoms with Gasteiger partial charge in [-0.1, -0.05) is 50.8 Å². The molecule has 0 atom stereocenters. The minimum absolute atomic E-state index is 0.0316. The molecule has 1 aliphatic carbocycles. The SMILES string of the molecule is CCCCCCCc1ccc(OC(=O)[C@H]2CC[C@H](CCC=CC#N)CC2)cc1. The molecule has 0 spiro atoms. The Balaban J connectivity index is 1.67. The van der Waals surface area contributed by atoms with Crippen molar-refractivity contribution < 1.29 is 9.53 Å². The number of aryl methyl sites for hydroxylation is 1. The van der Waals surface area contributed by atoms with Gasteiger partial charge in [0.25, 0.3) is 0 Å². The number of unbranched alkanes of at least 4 members (excludes halogenated alkanes) is 4. The summed E-state index contributed by atoms with van der Waals surface area (Å²) in [6.45, 7) is 2.24. The van der Waals surface area contributed by atoms with Crippen LogP contribution in [-0.2, 0) is 11.2 Å². The lowest BCUT2D eigenvalue weighted by atomic mass is 9.80. The van der Waals surface area contributed by atoms with Gasteiger partial charge in [0.2, 0.25) is 0 Å². The van der Waals surface area contributed by atoms with E-state index in [1.807, 2.05) is 24.3 Å². The molecule has 1 aromatic rings. The Labute approximate surface area is 170 Å². The Hall–Kier alpha value is -2.08. The average Bonchev–Trinajstić information content (AvgIpc) is 2.73. The molecule has 1 saturated carbocycles. The molecule has 0 aliphatic heterocycles. The van der Waals surface area contributed by atoms with Crippen LogP contribution in [0.4, 0.5) is 0 Å². The van der Waals surface area contributed by atoms with Crippen LogP contribution >= 0.6 is 0 Å².